The molecule has 0 fully saturated rings. The molecule has 172 valence electrons. The van der Waals surface area contributed by atoms with Gasteiger partial charge in [0.2, 0.25) is 17.4 Å². The normalized spacial score (nSPS) is 11.7. The molecule has 1 rings (SSSR count). The quantitative estimate of drug-likeness (QED) is 0.109. The third kappa shape index (κ3) is 8.12. The Hall–Kier alpha value is -1.84. The van der Waals surface area contributed by atoms with Crippen LogP contribution in [-0.4, -0.2) is 72.3 Å². The number of rotatable bonds is 14. The van der Waals surface area contributed by atoms with Crippen molar-refractivity contribution in [3.63, 3.8) is 0 Å². The monoisotopic (exact) mass is 464 g/mol. The topological polar surface area (TPSA) is 118 Å². The molecule has 14 heteroatoms. The van der Waals surface area contributed by atoms with Crippen LogP contribution < -0.4 is 4.74 Å². The number of ether oxygens (including phenoxy) is 5. The number of methoxy groups -OCH3 is 1. The van der Waals surface area contributed by atoms with E-state index in [1.165, 1.54) is 7.11 Å². The van der Waals surface area contributed by atoms with Gasteiger partial charge in [0.25, 0.3) is 0 Å². The van der Waals surface area contributed by atoms with Gasteiger partial charge in [-0.2, -0.15) is 17.2 Å². The van der Waals surface area contributed by atoms with Crippen LogP contribution in [0.5, 0.6) is 5.75 Å². The maximum Gasteiger partial charge on any atom is 0.313 e. The molecule has 0 unspecified atom stereocenters. The molecule has 30 heavy (non-hydrogen) atoms. The fourth-order valence-electron chi connectivity index (χ4n) is 1.91. The molecule has 9 nitrogen and oxygen atoms in total. The van der Waals surface area contributed by atoms with Crippen LogP contribution in [0.2, 0.25) is 0 Å². The smallest absolute Gasteiger partial charge is 0.313 e. The second-order valence-electron chi connectivity index (χ2n) is 5.44. The summed E-state index contributed by atoms with van der Waals surface area (Å²) in [6.45, 7) is 1.49. The zero-order valence-electron chi connectivity index (χ0n) is 15.8. The van der Waals surface area contributed by atoms with Crippen molar-refractivity contribution < 1.29 is 59.0 Å². The summed E-state index contributed by atoms with van der Waals surface area (Å²) in [6.07, 6.45) is -0.539. The van der Waals surface area contributed by atoms with Crippen molar-refractivity contribution in [3.05, 3.63) is 23.3 Å². The minimum absolute atomic E-state index is 0.0698. The van der Waals surface area contributed by atoms with Gasteiger partial charge in [0, 0.05) is 7.11 Å². The summed E-state index contributed by atoms with van der Waals surface area (Å²) in [7, 11) is -4.07. The van der Waals surface area contributed by atoms with Gasteiger partial charge >= 0.3 is 16.1 Å². The van der Waals surface area contributed by atoms with Crippen LogP contribution in [0, 0.1) is 23.3 Å². The minimum atomic E-state index is -5.60. The van der Waals surface area contributed by atoms with Crippen molar-refractivity contribution in [2.75, 3.05) is 53.4 Å². The number of carbonyl (C=O) groups excluding carboxylic acids is 1. The summed E-state index contributed by atoms with van der Waals surface area (Å²) < 4.78 is 109. The number of hydrogen-bond acceptors (Lipinski definition) is 8. The molecule has 0 aromatic heterocycles. The molecule has 0 atom stereocenters. The van der Waals surface area contributed by atoms with Crippen LogP contribution >= 0.6 is 0 Å². The Labute approximate surface area is 169 Å². The molecule has 0 aliphatic carbocycles. The Kier molecular flexibility index (Phi) is 11.1. The predicted molar refractivity (Wildman–Crippen MR) is 90.7 cm³/mol. The maximum atomic E-state index is 13.8. The number of benzene rings is 1. The maximum absolute atomic E-state index is 13.8. The van der Waals surface area contributed by atoms with E-state index in [0.717, 1.165) is 0 Å². The van der Waals surface area contributed by atoms with E-state index in [1.54, 1.807) is 0 Å². The molecule has 0 saturated carbocycles. The third-order valence-corrected chi connectivity index (χ3v) is 4.16. The highest BCUT2D eigenvalue weighted by molar-refractivity contribution is 7.85. The van der Waals surface area contributed by atoms with E-state index in [4.69, 9.17) is 23.5 Å². The molecule has 0 spiro atoms. The average Bonchev–Trinajstić information content (AvgIpc) is 2.67. The first-order chi connectivity index (χ1) is 14.1. The highest BCUT2D eigenvalue weighted by Crippen LogP contribution is 2.32. The van der Waals surface area contributed by atoms with Crippen LogP contribution in [-0.2, 0) is 33.9 Å². The average molecular weight is 464 g/mol. The Balaban J connectivity index is 2.43. The summed E-state index contributed by atoms with van der Waals surface area (Å²) in [5, 5.41) is 0. The fourth-order valence-corrected chi connectivity index (χ4v) is 2.54. The van der Waals surface area contributed by atoms with Crippen molar-refractivity contribution in [1.82, 2.24) is 0 Å². The molecular weight excluding hydrogens is 444 g/mol. The second-order valence-corrected chi connectivity index (χ2v) is 6.80. The predicted octanol–water partition coefficient (Wildman–Crippen LogP) is 1.48. The fraction of sp³-hybridized carbons (Fsp3) is 0.562. The Bertz CT molecular complexity index is 788. The highest BCUT2D eigenvalue weighted by Gasteiger charge is 2.33. The first-order valence-electron chi connectivity index (χ1n) is 8.37. The minimum Gasteiger partial charge on any atom is -0.420 e. The molecule has 0 radical (unpaired) electrons. The van der Waals surface area contributed by atoms with Crippen molar-refractivity contribution >= 4 is 16.1 Å². The van der Waals surface area contributed by atoms with Crippen LogP contribution in [0.25, 0.3) is 0 Å². The lowest BCUT2D eigenvalue weighted by molar-refractivity contribution is -0.136. The van der Waals surface area contributed by atoms with Crippen LogP contribution in [0.4, 0.5) is 17.6 Å². The van der Waals surface area contributed by atoms with Gasteiger partial charge in [0.15, 0.2) is 16.5 Å². The molecule has 0 saturated heterocycles. The van der Waals surface area contributed by atoms with Crippen LogP contribution in [0.15, 0.2) is 4.90 Å². The van der Waals surface area contributed by atoms with Crippen molar-refractivity contribution in [1.29, 1.82) is 0 Å². The van der Waals surface area contributed by atoms with E-state index in [1.807, 2.05) is 0 Å². The van der Waals surface area contributed by atoms with E-state index in [2.05, 4.69) is 4.74 Å². The Morgan fingerprint density at radius 1 is 0.800 bits per heavy atom. The van der Waals surface area contributed by atoms with Crippen LogP contribution in [0.1, 0.15) is 6.42 Å². The lowest BCUT2D eigenvalue weighted by Gasteiger charge is -2.11. The molecule has 0 heterocycles. The van der Waals surface area contributed by atoms with Crippen LogP contribution in [0.3, 0.4) is 0 Å². The number of hydrogen-bond donors (Lipinski definition) is 1. The summed E-state index contributed by atoms with van der Waals surface area (Å²) >= 11 is 0. The molecule has 0 bridgehead atoms. The van der Waals surface area contributed by atoms with Gasteiger partial charge in [-0.25, -0.2) is 8.78 Å². The standard InChI is InChI=1S/C16H20F4O9S/c1-25-4-5-27-8-9-28-7-6-26-3-2-10(21)29-15-11(17)13(19)16(30(22,23)24)14(20)12(15)18/h2-9H2,1H3,(H,22,23,24). The van der Waals surface area contributed by atoms with Gasteiger partial charge in [-0.15, -0.1) is 0 Å². The lowest BCUT2D eigenvalue weighted by atomic mass is 10.3. The first-order valence-corrected chi connectivity index (χ1v) is 9.81. The molecule has 0 amide bonds. The van der Waals surface area contributed by atoms with Gasteiger partial charge in [-0.3, -0.25) is 9.35 Å². The first kappa shape index (κ1) is 26.2. The van der Waals surface area contributed by atoms with E-state index in [9.17, 15) is 30.8 Å². The molecule has 1 aromatic rings. The lowest BCUT2D eigenvalue weighted by Crippen LogP contribution is -2.17. The molecule has 0 aliphatic heterocycles. The largest absolute Gasteiger partial charge is 0.420 e. The SMILES string of the molecule is COCCOCCOCCOCCC(=O)Oc1c(F)c(F)c(S(=O)(=O)O)c(F)c1F. The van der Waals surface area contributed by atoms with Crippen molar-refractivity contribution in [2.45, 2.75) is 11.3 Å². The molecule has 1 N–H and O–H groups in total. The highest BCUT2D eigenvalue weighted by atomic mass is 32.2. The Morgan fingerprint density at radius 3 is 1.67 bits per heavy atom. The number of carbonyl (C=O) groups is 1. The van der Waals surface area contributed by atoms with Crippen molar-refractivity contribution in [3.8, 4) is 5.75 Å². The van der Waals surface area contributed by atoms with Gasteiger partial charge in [-0.05, 0) is 0 Å². The number of esters is 1. The number of halogens is 4. The zero-order valence-corrected chi connectivity index (χ0v) is 16.6. The summed E-state index contributed by atoms with van der Waals surface area (Å²) in [5.41, 5.74) is 0. The molecule has 0 aliphatic rings. The molecular formula is C16H20F4O9S. The van der Waals surface area contributed by atoms with E-state index in [0.29, 0.717) is 26.4 Å². The van der Waals surface area contributed by atoms with E-state index in [-0.39, 0.29) is 19.8 Å². The summed E-state index contributed by atoms with van der Waals surface area (Å²) in [5.74, 6) is -12.5. The Morgan fingerprint density at radius 2 is 1.23 bits per heavy atom. The summed E-state index contributed by atoms with van der Waals surface area (Å²) in [6, 6.07) is 0. The van der Waals surface area contributed by atoms with Gasteiger partial charge in [0.1, 0.15) is 0 Å². The second kappa shape index (κ2) is 12.8. The summed E-state index contributed by atoms with van der Waals surface area (Å²) in [4.78, 5) is 9.34. The molecule has 1 aromatic carbocycles. The third-order valence-electron chi connectivity index (χ3n) is 3.28. The van der Waals surface area contributed by atoms with E-state index < -0.39 is 56.4 Å². The van der Waals surface area contributed by atoms with Gasteiger partial charge < -0.3 is 23.7 Å². The van der Waals surface area contributed by atoms with Gasteiger partial charge in [0.05, 0.1) is 52.7 Å². The van der Waals surface area contributed by atoms with E-state index >= 15 is 0 Å². The van der Waals surface area contributed by atoms with Crippen molar-refractivity contribution in [2.24, 2.45) is 0 Å². The van der Waals surface area contributed by atoms with Gasteiger partial charge in [-0.1, -0.05) is 0 Å². The zero-order chi connectivity index (χ0) is 22.7.